The number of nitrogens with zero attached hydrogens (tertiary/aromatic N) is 10. The number of hydrogen-bond donors (Lipinski definition) is 4. The lowest BCUT2D eigenvalue weighted by Crippen LogP contribution is -2.32. The number of hydrogen-bond acceptors (Lipinski definition) is 17. The molecule has 2 aliphatic heterocycles. The lowest BCUT2D eigenvalue weighted by Gasteiger charge is -2.26. The second-order valence-electron chi connectivity index (χ2n) is 21.6. The van der Waals surface area contributed by atoms with Gasteiger partial charge in [-0.15, -0.1) is 0 Å². The Bertz CT molecular complexity index is 3770. The molecule has 91 heavy (non-hydrogen) atoms. The van der Waals surface area contributed by atoms with Gasteiger partial charge in [-0.2, -0.15) is 0 Å². The van der Waals surface area contributed by atoms with Crippen LogP contribution in [0.3, 0.4) is 0 Å². The number of pyridine rings is 4. The van der Waals surface area contributed by atoms with Crippen LogP contribution >= 0.6 is 46.4 Å². The van der Waals surface area contributed by atoms with E-state index in [1.807, 2.05) is 12.1 Å². The van der Waals surface area contributed by atoms with Crippen LogP contribution in [0.1, 0.15) is 80.8 Å². The number of methoxy groups -OCH3 is 2. The van der Waals surface area contributed by atoms with Crippen molar-refractivity contribution in [1.29, 1.82) is 0 Å². The van der Waals surface area contributed by atoms with Crippen molar-refractivity contribution in [3.63, 3.8) is 0 Å². The number of carbonyl (C=O) groups is 4. The first-order valence-electron chi connectivity index (χ1n) is 29.5. The van der Waals surface area contributed by atoms with E-state index in [0.29, 0.717) is 131 Å². The van der Waals surface area contributed by atoms with Crippen LogP contribution in [0.4, 0.5) is 20.2 Å². The molecule has 27 heteroatoms. The smallest absolute Gasteiger partial charge is 0.314 e. The first kappa shape index (κ1) is 65.9. The fraction of sp³-hybridized carbons (Fsp3) is 0.344. The Morgan fingerprint density at radius 2 is 0.978 bits per heavy atom. The van der Waals surface area contributed by atoms with E-state index in [1.54, 1.807) is 96.3 Å². The SMILES string of the molecule is COc1nc(-c2ccnc(-c3cccc(NC(=O)c4nc5c(n4C)CCN(CCCF)C5)c3Cl)c2Cl)ccc1CNCCC(=O)OC(=O)CCNCc1ccc(-c2ccnc(-c3cccc(NC(=O)c4nc5c(n4C)CCN(CCCF)C5)c3Cl)c2Cl)nc1OC. The van der Waals surface area contributed by atoms with Crippen molar-refractivity contribution in [2.24, 2.45) is 14.1 Å². The largest absolute Gasteiger partial charge is 0.481 e. The quantitative estimate of drug-likeness (QED) is 0.0224. The van der Waals surface area contributed by atoms with E-state index in [-0.39, 0.29) is 84.1 Å². The van der Waals surface area contributed by atoms with Crippen LogP contribution in [-0.4, -0.2) is 139 Å². The number of rotatable bonds is 26. The van der Waals surface area contributed by atoms with E-state index in [1.165, 1.54) is 14.2 Å². The maximum absolute atomic E-state index is 13.6. The number of fused-ring (bicyclic) bond motifs is 2. The molecule has 0 atom stereocenters. The molecule has 2 aromatic carbocycles. The molecule has 2 aliphatic rings. The first-order valence-corrected chi connectivity index (χ1v) is 31.0. The van der Waals surface area contributed by atoms with Crippen molar-refractivity contribution in [1.82, 2.24) is 59.5 Å². The van der Waals surface area contributed by atoms with Gasteiger partial charge in [0, 0.05) is 150 Å². The monoisotopic (exact) mass is 1320 g/mol. The summed E-state index contributed by atoms with van der Waals surface area (Å²) in [5.41, 5.74) is 9.31. The lowest BCUT2D eigenvalue weighted by molar-refractivity contribution is -0.159. The molecule has 0 fully saturated rings. The number of anilines is 2. The molecule has 0 radical (unpaired) electrons. The molecule has 4 N–H and O–H groups in total. The molecule has 2 amide bonds. The highest BCUT2D eigenvalue weighted by atomic mass is 35.5. The van der Waals surface area contributed by atoms with Gasteiger partial charge in [-0.05, 0) is 49.2 Å². The summed E-state index contributed by atoms with van der Waals surface area (Å²) >= 11 is 28.0. The van der Waals surface area contributed by atoms with Crippen molar-refractivity contribution in [3.05, 3.63) is 151 Å². The van der Waals surface area contributed by atoms with Gasteiger partial charge in [-0.3, -0.25) is 47.7 Å². The van der Waals surface area contributed by atoms with Crippen LogP contribution in [0.5, 0.6) is 11.8 Å². The summed E-state index contributed by atoms with van der Waals surface area (Å²) in [5.74, 6) is -1.18. The number of amides is 2. The maximum atomic E-state index is 13.6. The molecular weight excluding hydrogens is 1260 g/mol. The van der Waals surface area contributed by atoms with E-state index in [9.17, 15) is 28.0 Å². The fourth-order valence-electron chi connectivity index (χ4n) is 11.1. The fourth-order valence-corrected chi connectivity index (χ4v) is 12.2. The summed E-state index contributed by atoms with van der Waals surface area (Å²) in [5, 5.41) is 13.1. The highest BCUT2D eigenvalue weighted by molar-refractivity contribution is 6.40. The number of aromatic nitrogens is 8. The molecule has 0 saturated carbocycles. The number of imidazole rings is 2. The minimum atomic E-state index is -0.694. The Morgan fingerprint density at radius 1 is 0.549 bits per heavy atom. The zero-order valence-electron chi connectivity index (χ0n) is 50.4. The number of benzene rings is 2. The molecule has 0 saturated heterocycles. The molecular formula is C64H66Cl4F2N14O7. The summed E-state index contributed by atoms with van der Waals surface area (Å²) in [6, 6.07) is 21.0. The zero-order chi connectivity index (χ0) is 64.3. The van der Waals surface area contributed by atoms with Gasteiger partial charge in [0.05, 0.1) is 106 Å². The molecule has 6 aromatic heterocycles. The average molecular weight is 1320 g/mol. The van der Waals surface area contributed by atoms with Crippen molar-refractivity contribution in [2.75, 3.05) is 77.5 Å². The summed E-state index contributed by atoms with van der Waals surface area (Å²) in [4.78, 5) is 84.8. The highest BCUT2D eigenvalue weighted by Gasteiger charge is 2.29. The number of nitrogens with one attached hydrogen (secondary N) is 4. The Hall–Kier alpha value is -8.00. The molecule has 0 unspecified atom stereocenters. The van der Waals surface area contributed by atoms with Gasteiger partial charge < -0.3 is 44.6 Å². The van der Waals surface area contributed by atoms with E-state index in [2.05, 4.69) is 51.0 Å². The minimum Gasteiger partial charge on any atom is -0.481 e. The molecule has 10 rings (SSSR count). The highest BCUT2D eigenvalue weighted by Crippen LogP contribution is 2.42. The van der Waals surface area contributed by atoms with E-state index < -0.39 is 23.8 Å². The minimum absolute atomic E-state index is 0.0851. The van der Waals surface area contributed by atoms with Crippen molar-refractivity contribution in [2.45, 2.75) is 64.7 Å². The predicted octanol–water partition coefficient (Wildman–Crippen LogP) is 10.7. The number of esters is 2. The third-order valence-corrected chi connectivity index (χ3v) is 17.3. The standard InChI is InChI=1S/C64H66Cl4F2N14O7/c1-81-49-21-31-83(29-7-23-69)35-47(49)75-59(81)61(87)77-45-11-5-9-41(53(45)65)57-55(67)39(17-27-73-57)43-15-13-37(63(79-43)89-3)33-71-25-19-51(85)91-52(86)20-26-72-34-38-14-16-44(80-64(38)90-4)40-18-28-74-58(56(40)68)42-10-6-12-46(54(42)66)78-62(88)60-76-48-36-84(30-8-24-70)32-22-50(48)82(60)2/h5-6,9-18,27-28,71-72H,7-8,19-26,29-36H2,1-4H3,(H,77,87)(H,78,88). The molecule has 8 aromatic rings. The second-order valence-corrected chi connectivity index (χ2v) is 23.1. The third kappa shape index (κ3) is 15.2. The lowest BCUT2D eigenvalue weighted by atomic mass is 10.1. The summed E-state index contributed by atoms with van der Waals surface area (Å²) in [7, 11) is 6.59. The van der Waals surface area contributed by atoms with Gasteiger partial charge in [0.1, 0.15) is 0 Å². The van der Waals surface area contributed by atoms with E-state index >= 15 is 0 Å². The number of alkyl halides is 2. The topological polar surface area (TPSA) is 238 Å². The van der Waals surface area contributed by atoms with Crippen LogP contribution in [0.25, 0.3) is 45.0 Å². The van der Waals surface area contributed by atoms with Gasteiger partial charge in [0.2, 0.25) is 11.8 Å². The van der Waals surface area contributed by atoms with Crippen LogP contribution in [-0.2, 0) is 67.4 Å². The van der Waals surface area contributed by atoms with E-state index in [0.717, 1.165) is 35.9 Å². The number of halogens is 6. The van der Waals surface area contributed by atoms with E-state index in [4.69, 9.17) is 70.6 Å². The average Bonchev–Trinajstić information content (AvgIpc) is 2.00. The van der Waals surface area contributed by atoms with Crippen molar-refractivity contribution < 1.29 is 42.2 Å². The first-order chi connectivity index (χ1) is 44.1. The maximum Gasteiger partial charge on any atom is 0.314 e. The van der Waals surface area contributed by atoms with Gasteiger partial charge in [-0.25, -0.2) is 19.9 Å². The molecule has 476 valence electrons. The van der Waals surface area contributed by atoms with Gasteiger partial charge in [0.25, 0.3) is 11.8 Å². The summed E-state index contributed by atoms with van der Waals surface area (Å²) in [6.45, 7) is 3.99. The third-order valence-electron chi connectivity index (χ3n) is 15.8. The second kappa shape index (κ2) is 30.4. The van der Waals surface area contributed by atoms with Gasteiger partial charge in [-0.1, -0.05) is 82.8 Å². The number of ether oxygens (including phenoxy) is 3. The van der Waals surface area contributed by atoms with Crippen LogP contribution < -0.4 is 30.7 Å². The molecule has 0 bridgehead atoms. The Labute approximate surface area is 544 Å². The molecule has 21 nitrogen and oxygen atoms in total. The van der Waals surface area contributed by atoms with Crippen molar-refractivity contribution in [3.8, 4) is 56.8 Å². The molecule has 0 spiro atoms. The zero-order valence-corrected chi connectivity index (χ0v) is 53.4. The normalized spacial score (nSPS) is 13.2. The van der Waals surface area contributed by atoms with Crippen LogP contribution in [0.2, 0.25) is 20.1 Å². The van der Waals surface area contributed by atoms with Gasteiger partial charge >= 0.3 is 11.9 Å². The van der Waals surface area contributed by atoms with Crippen molar-refractivity contribution >= 4 is 81.5 Å². The van der Waals surface area contributed by atoms with Crippen LogP contribution in [0, 0.1) is 0 Å². The Kier molecular flexibility index (Phi) is 22.0. The molecule has 0 aliphatic carbocycles. The van der Waals surface area contributed by atoms with Gasteiger partial charge in [0.15, 0.2) is 11.6 Å². The molecule has 8 heterocycles. The van der Waals surface area contributed by atoms with Crippen LogP contribution in [0.15, 0.2) is 85.2 Å². The Balaban J connectivity index is 0.679. The summed E-state index contributed by atoms with van der Waals surface area (Å²) in [6.07, 6.45) is 5.28. The summed E-state index contributed by atoms with van der Waals surface area (Å²) < 4.78 is 45.7. The predicted molar refractivity (Wildman–Crippen MR) is 344 cm³/mol. The Morgan fingerprint density at radius 3 is 1.38 bits per heavy atom. The number of carbonyl (C=O) groups excluding carboxylic acids is 4.